The number of hydrogen-bond donors (Lipinski definition) is 1. The second-order valence-electron chi connectivity index (χ2n) is 4.98. The third kappa shape index (κ3) is 6.39. The summed E-state index contributed by atoms with van der Waals surface area (Å²) in [6, 6.07) is 0. The van der Waals surface area contributed by atoms with Gasteiger partial charge in [0.05, 0.1) is 18.3 Å². The molecule has 0 aromatic heterocycles. The maximum atomic E-state index is 10.1. The molecule has 1 rings (SSSR count). The van der Waals surface area contributed by atoms with E-state index in [1.807, 2.05) is 6.92 Å². The molecular weight excluding hydrogens is 534 g/mol. The molecule has 0 aromatic carbocycles. The van der Waals surface area contributed by atoms with Gasteiger partial charge in [-0.1, -0.05) is 20.3 Å². The van der Waals surface area contributed by atoms with E-state index in [9.17, 15) is 5.11 Å². The number of aliphatic hydroxyl groups is 1. The Hall–Kier alpha value is 1.44. The minimum absolute atomic E-state index is 0.0253. The van der Waals surface area contributed by atoms with Crippen molar-refractivity contribution in [2.75, 3.05) is 21.3 Å². The fourth-order valence-corrected chi connectivity index (χ4v) is 4.24. The molecule has 0 radical (unpaired) electrons. The van der Waals surface area contributed by atoms with Gasteiger partial charge in [0.1, 0.15) is 0 Å². The summed E-state index contributed by atoms with van der Waals surface area (Å²) in [6.07, 6.45) is 2.47. The average molecular weight is 562 g/mol. The zero-order valence-corrected chi connectivity index (χ0v) is 19.2. The molecule has 4 unspecified atom stereocenters. The zero-order chi connectivity index (χ0) is 17.2. The van der Waals surface area contributed by atoms with Crippen LogP contribution in [-0.4, -0.2) is 59.5 Å². The van der Waals surface area contributed by atoms with E-state index in [4.69, 9.17) is 22.8 Å². The average Bonchev–Trinajstić information content (AvgIpc) is 2.58. The first-order valence-electron chi connectivity index (χ1n) is 7.35. The fraction of sp³-hybridized carbons (Fsp3) is 1.00. The topological polar surface area (TPSA) is 66.4 Å². The molecule has 1 aliphatic heterocycles. The molecule has 0 amide bonds. The molecule has 22 heavy (non-hydrogen) atoms. The molecule has 4 atom stereocenters. The lowest BCUT2D eigenvalue weighted by Gasteiger charge is -2.42. The van der Waals surface area contributed by atoms with Crippen LogP contribution in [0, 0.1) is 0 Å². The lowest BCUT2D eigenvalue weighted by molar-refractivity contribution is -0.248. The van der Waals surface area contributed by atoms with Crippen molar-refractivity contribution in [1.29, 1.82) is 0 Å². The second kappa shape index (κ2) is 12.8. The molecule has 1 heterocycles. The van der Waals surface area contributed by atoms with Gasteiger partial charge in [0, 0.05) is 65.0 Å². The summed E-state index contributed by atoms with van der Waals surface area (Å²) >= 11 is 4.24. The van der Waals surface area contributed by atoms with Crippen molar-refractivity contribution in [2.45, 2.75) is 63.8 Å². The third-order valence-corrected chi connectivity index (χ3v) is 6.27. The van der Waals surface area contributed by atoms with Crippen molar-refractivity contribution in [3.8, 4) is 0 Å². The molecule has 0 saturated carbocycles. The Bertz CT molecular complexity index is 275. The van der Waals surface area contributed by atoms with Gasteiger partial charge >= 0.3 is 8.80 Å². The highest BCUT2D eigenvalue weighted by Gasteiger charge is 2.54. The molecule has 1 fully saturated rings. The first-order valence-corrected chi connectivity index (χ1v) is 15.4. The van der Waals surface area contributed by atoms with Crippen molar-refractivity contribution in [1.82, 2.24) is 0 Å². The Labute approximate surface area is 158 Å². The van der Waals surface area contributed by atoms with Gasteiger partial charge in [-0.05, 0) is 12.8 Å². The predicted octanol–water partition coefficient (Wildman–Crippen LogP) is 3.25. The van der Waals surface area contributed by atoms with Gasteiger partial charge in [-0.2, -0.15) is 0 Å². The van der Waals surface area contributed by atoms with Gasteiger partial charge in [-0.25, -0.2) is 0 Å². The van der Waals surface area contributed by atoms with Crippen LogP contribution >= 0.6 is 37.2 Å². The summed E-state index contributed by atoms with van der Waals surface area (Å²) in [6.45, 7) is 4.04. The molecule has 9 heteroatoms. The van der Waals surface area contributed by atoms with Crippen molar-refractivity contribution in [3.63, 3.8) is 0 Å². The number of ether oxygens (including phenoxy) is 2. The molecule has 1 N–H and O–H groups in total. The molecule has 0 spiro atoms. The molecular formula is C13H28I2O6Si. The quantitative estimate of drug-likeness (QED) is 0.362. The number of rotatable bonds is 8. The summed E-state index contributed by atoms with van der Waals surface area (Å²) in [7, 11) is 1.54. The summed E-state index contributed by atoms with van der Waals surface area (Å²) in [5.41, 5.74) is 0. The van der Waals surface area contributed by atoms with E-state index in [1.165, 1.54) is 21.3 Å². The maximum absolute atomic E-state index is 10.1. The molecule has 1 aliphatic rings. The summed E-state index contributed by atoms with van der Waals surface area (Å²) < 4.78 is 28.1. The van der Waals surface area contributed by atoms with Gasteiger partial charge in [-0.15, -0.1) is 0 Å². The molecule has 1 saturated heterocycles. The van der Waals surface area contributed by atoms with Gasteiger partial charge in [0.15, 0.2) is 0 Å². The standard InChI is InChI=1S/C13H28O6Si.I2/c1-6-8-10-9-12(11(14)7-2)19-13(18-10)20(15-3,16-4)17-5;1-2/h10-14H,6-9H2,1-5H3;. The lowest BCUT2D eigenvalue weighted by atomic mass is 10.0. The lowest BCUT2D eigenvalue weighted by Crippen LogP contribution is -2.61. The fourth-order valence-electron chi connectivity index (χ4n) is 2.46. The molecule has 6 nitrogen and oxygen atoms in total. The van der Waals surface area contributed by atoms with E-state index in [1.54, 1.807) is 0 Å². The number of aliphatic hydroxyl groups excluding tert-OH is 1. The Morgan fingerprint density at radius 3 is 2.09 bits per heavy atom. The van der Waals surface area contributed by atoms with Gasteiger partial charge < -0.3 is 27.9 Å². The van der Waals surface area contributed by atoms with E-state index >= 15 is 0 Å². The highest BCUT2D eigenvalue weighted by molar-refractivity contribution is 15.0. The molecule has 134 valence electrons. The van der Waals surface area contributed by atoms with Crippen molar-refractivity contribution >= 4 is 46.0 Å². The van der Waals surface area contributed by atoms with Gasteiger partial charge in [0.25, 0.3) is 0 Å². The van der Waals surface area contributed by atoms with Gasteiger partial charge in [0.2, 0.25) is 5.91 Å². The van der Waals surface area contributed by atoms with Gasteiger partial charge in [-0.3, -0.25) is 0 Å². The SMILES string of the molecule is CCCC1CC(C(O)CC)OC([Si](OC)(OC)OC)O1.II. The third-order valence-electron chi connectivity index (χ3n) is 3.71. The van der Waals surface area contributed by atoms with Crippen LogP contribution in [0.25, 0.3) is 0 Å². The second-order valence-corrected chi connectivity index (χ2v) is 7.88. The van der Waals surface area contributed by atoms with Crippen LogP contribution in [-0.2, 0) is 22.8 Å². The Balaban J connectivity index is 0.00000211. The molecule has 0 aromatic rings. The first-order chi connectivity index (χ1) is 10.6. The van der Waals surface area contributed by atoms with Crippen LogP contribution in [0.2, 0.25) is 0 Å². The summed E-state index contributed by atoms with van der Waals surface area (Å²) in [4.78, 5) is 0. The van der Waals surface area contributed by atoms with E-state index < -0.39 is 20.8 Å². The summed E-state index contributed by atoms with van der Waals surface area (Å²) in [5, 5.41) is 10.1. The van der Waals surface area contributed by atoms with E-state index in [0.29, 0.717) is 12.8 Å². The molecule has 0 bridgehead atoms. The normalized spacial score (nSPS) is 27.0. The van der Waals surface area contributed by atoms with E-state index in [0.717, 1.165) is 12.8 Å². The highest BCUT2D eigenvalue weighted by atomic mass is 128. The zero-order valence-electron chi connectivity index (χ0n) is 13.9. The minimum atomic E-state index is -3.04. The predicted molar refractivity (Wildman–Crippen MR) is 104 cm³/mol. The van der Waals surface area contributed by atoms with Crippen LogP contribution in [0.15, 0.2) is 0 Å². The van der Waals surface area contributed by atoms with Crippen LogP contribution < -0.4 is 0 Å². The first kappa shape index (κ1) is 23.4. The van der Waals surface area contributed by atoms with E-state index in [2.05, 4.69) is 44.2 Å². The van der Waals surface area contributed by atoms with Crippen molar-refractivity contribution < 1.29 is 27.9 Å². The highest BCUT2D eigenvalue weighted by Crippen LogP contribution is 2.30. The number of halogens is 2. The number of hydrogen-bond acceptors (Lipinski definition) is 6. The maximum Gasteiger partial charge on any atom is 0.559 e. The van der Waals surface area contributed by atoms with Crippen molar-refractivity contribution in [3.05, 3.63) is 0 Å². The Morgan fingerprint density at radius 1 is 1.14 bits per heavy atom. The summed E-state index contributed by atoms with van der Waals surface area (Å²) in [5.74, 6) is -0.695. The Morgan fingerprint density at radius 2 is 1.68 bits per heavy atom. The Kier molecular flexibility index (Phi) is 13.6. The van der Waals surface area contributed by atoms with Crippen LogP contribution in [0.1, 0.15) is 39.5 Å². The van der Waals surface area contributed by atoms with Crippen LogP contribution in [0.4, 0.5) is 0 Å². The monoisotopic (exact) mass is 562 g/mol. The van der Waals surface area contributed by atoms with Crippen molar-refractivity contribution in [2.24, 2.45) is 0 Å². The molecule has 0 aliphatic carbocycles. The minimum Gasteiger partial charge on any atom is -0.390 e. The van der Waals surface area contributed by atoms with Crippen LogP contribution in [0.5, 0.6) is 0 Å². The smallest absolute Gasteiger partial charge is 0.390 e. The van der Waals surface area contributed by atoms with Crippen LogP contribution in [0.3, 0.4) is 0 Å². The van der Waals surface area contributed by atoms with E-state index in [-0.39, 0.29) is 12.2 Å². The largest absolute Gasteiger partial charge is 0.559 e.